The van der Waals surface area contributed by atoms with Crippen molar-refractivity contribution in [3.63, 3.8) is 0 Å². The van der Waals surface area contributed by atoms with Gasteiger partial charge in [-0.25, -0.2) is 0 Å². The van der Waals surface area contributed by atoms with Crippen LogP contribution in [0.5, 0.6) is 0 Å². The molecule has 0 bridgehead atoms. The molecular weight excluding hydrogens is 354 g/mol. The van der Waals surface area contributed by atoms with Crippen molar-refractivity contribution in [2.45, 2.75) is 45.4 Å². The number of halogens is 2. The fourth-order valence-corrected chi connectivity index (χ4v) is 2.74. The summed E-state index contributed by atoms with van der Waals surface area (Å²) in [5.74, 6) is 0.692. The molecule has 0 amide bonds. The number of hydrogen-bond acceptors (Lipinski definition) is 0. The minimum Gasteiger partial charge on any atom is -1.00 e. The Morgan fingerprint density at radius 3 is 2.32 bits per heavy atom. The molecule has 0 radical (unpaired) electrons. The first-order valence-electron chi connectivity index (χ1n) is 6.63. The molecule has 104 valence electrons. The Bertz CT molecular complexity index is 354. The van der Waals surface area contributed by atoms with Crippen molar-refractivity contribution >= 4 is 0 Å². The molecule has 0 heterocycles. The summed E-state index contributed by atoms with van der Waals surface area (Å²) < 4.78 is 0. The molecule has 0 spiro atoms. The minimum atomic E-state index is 0. The Labute approximate surface area is 149 Å². The van der Waals surface area contributed by atoms with Crippen LogP contribution in [0.3, 0.4) is 0 Å². The van der Waals surface area contributed by atoms with E-state index in [2.05, 4.69) is 43.4 Å². The van der Waals surface area contributed by atoms with Crippen LogP contribution < -0.4 is 24.8 Å². The Hall–Kier alpha value is 0.423. The first-order chi connectivity index (χ1) is 7.92. The van der Waals surface area contributed by atoms with Crippen LogP contribution in [0.2, 0.25) is 0 Å². The average Bonchev–Trinajstić information content (AvgIpc) is 2.75. The van der Waals surface area contributed by atoms with Gasteiger partial charge >= 0.3 is 26.2 Å². The van der Waals surface area contributed by atoms with Gasteiger partial charge in [0.05, 0.1) is 0 Å². The number of allylic oxidation sites excluding steroid dienone is 8. The zero-order valence-corrected chi connectivity index (χ0v) is 15.5. The summed E-state index contributed by atoms with van der Waals surface area (Å²) >= 11 is 0. The van der Waals surface area contributed by atoms with Crippen LogP contribution in [0, 0.1) is 5.92 Å². The SMILES string of the molecule is CCC(C1=CC=CC1)/C1=C/C=C\CCCC1.[Cl-].[Cl-].[Zr+2]. The molecule has 0 aliphatic heterocycles. The third-order valence-corrected chi connectivity index (χ3v) is 3.64. The van der Waals surface area contributed by atoms with Crippen molar-refractivity contribution in [1.29, 1.82) is 0 Å². The minimum absolute atomic E-state index is 0. The van der Waals surface area contributed by atoms with E-state index in [1.165, 1.54) is 38.5 Å². The van der Waals surface area contributed by atoms with Gasteiger partial charge in [-0.2, -0.15) is 0 Å². The number of hydrogen-bond donors (Lipinski definition) is 0. The smallest absolute Gasteiger partial charge is 1.00 e. The Kier molecular flexibility index (Phi) is 13.9. The predicted octanol–water partition coefficient (Wildman–Crippen LogP) is -1.04. The molecule has 0 aromatic heterocycles. The van der Waals surface area contributed by atoms with Gasteiger partial charge in [-0.3, -0.25) is 0 Å². The van der Waals surface area contributed by atoms with Crippen LogP contribution in [0.15, 0.2) is 47.6 Å². The summed E-state index contributed by atoms with van der Waals surface area (Å²) in [4.78, 5) is 0. The van der Waals surface area contributed by atoms with Crippen LogP contribution in [0.4, 0.5) is 0 Å². The van der Waals surface area contributed by atoms with Gasteiger partial charge in [0.15, 0.2) is 0 Å². The van der Waals surface area contributed by atoms with E-state index in [1.807, 2.05) is 0 Å². The molecule has 2 rings (SSSR count). The van der Waals surface area contributed by atoms with Crippen molar-refractivity contribution in [3.8, 4) is 0 Å². The molecule has 0 aromatic carbocycles. The fourth-order valence-electron chi connectivity index (χ4n) is 2.74. The van der Waals surface area contributed by atoms with E-state index in [0.29, 0.717) is 5.92 Å². The van der Waals surface area contributed by atoms with Crippen molar-refractivity contribution in [2.24, 2.45) is 5.92 Å². The normalized spacial score (nSPS) is 23.2. The standard InChI is InChI=1S/C16H22.2ClH.Zr/c1-2-16(15-12-8-9-13-15)14-10-6-4-3-5-7-11-14;;;/h4,6,8-10,12,16H,2-3,5,7,11,13H2,1H3;2*1H;/q;;;+2/p-2/b6-4-,14-10+;;;. The third kappa shape index (κ3) is 6.61. The first kappa shape index (κ1) is 21.7. The zero-order chi connectivity index (χ0) is 11.2. The summed E-state index contributed by atoms with van der Waals surface area (Å²) in [6, 6.07) is 0. The summed E-state index contributed by atoms with van der Waals surface area (Å²) in [5, 5.41) is 0. The predicted molar refractivity (Wildman–Crippen MR) is 71.3 cm³/mol. The molecule has 2 aliphatic carbocycles. The molecule has 0 nitrogen and oxygen atoms in total. The van der Waals surface area contributed by atoms with Gasteiger partial charge in [0, 0.05) is 5.92 Å². The van der Waals surface area contributed by atoms with Crippen LogP contribution in [0.25, 0.3) is 0 Å². The zero-order valence-electron chi connectivity index (χ0n) is 11.5. The van der Waals surface area contributed by atoms with Crippen molar-refractivity contribution in [1.82, 2.24) is 0 Å². The molecule has 3 heteroatoms. The van der Waals surface area contributed by atoms with Crippen molar-refractivity contribution in [2.75, 3.05) is 0 Å². The maximum Gasteiger partial charge on any atom is 2.00 e. The molecule has 0 aromatic rings. The number of rotatable bonds is 3. The van der Waals surface area contributed by atoms with Gasteiger partial charge < -0.3 is 24.8 Å². The Morgan fingerprint density at radius 1 is 1.00 bits per heavy atom. The second-order valence-corrected chi connectivity index (χ2v) is 4.75. The monoisotopic (exact) mass is 374 g/mol. The van der Waals surface area contributed by atoms with Gasteiger partial charge in [0.2, 0.25) is 0 Å². The van der Waals surface area contributed by atoms with E-state index in [-0.39, 0.29) is 51.0 Å². The summed E-state index contributed by atoms with van der Waals surface area (Å²) in [6.07, 6.45) is 21.4. The molecule has 19 heavy (non-hydrogen) atoms. The van der Waals surface area contributed by atoms with E-state index in [4.69, 9.17) is 0 Å². The molecule has 0 N–H and O–H groups in total. The summed E-state index contributed by atoms with van der Waals surface area (Å²) in [5.41, 5.74) is 3.26. The summed E-state index contributed by atoms with van der Waals surface area (Å²) in [6.45, 7) is 2.31. The van der Waals surface area contributed by atoms with Crippen molar-refractivity contribution in [3.05, 3.63) is 47.6 Å². The van der Waals surface area contributed by atoms with Gasteiger partial charge in [-0.1, -0.05) is 54.5 Å². The van der Waals surface area contributed by atoms with E-state index >= 15 is 0 Å². The van der Waals surface area contributed by atoms with Gasteiger partial charge in [-0.05, 0) is 38.5 Å². The molecular formula is C16H22Cl2Zr. The van der Waals surface area contributed by atoms with Gasteiger partial charge in [0.25, 0.3) is 0 Å². The van der Waals surface area contributed by atoms with E-state index in [1.54, 1.807) is 11.1 Å². The Morgan fingerprint density at radius 2 is 1.68 bits per heavy atom. The molecule has 2 aliphatic rings. The van der Waals surface area contributed by atoms with Crippen LogP contribution in [-0.4, -0.2) is 0 Å². The molecule has 0 fully saturated rings. The second-order valence-electron chi connectivity index (χ2n) is 4.75. The summed E-state index contributed by atoms with van der Waals surface area (Å²) in [7, 11) is 0. The van der Waals surface area contributed by atoms with Gasteiger partial charge in [0.1, 0.15) is 0 Å². The maximum absolute atomic E-state index is 2.37. The van der Waals surface area contributed by atoms with Crippen molar-refractivity contribution < 1.29 is 51.0 Å². The fraction of sp³-hybridized carbons (Fsp3) is 0.500. The van der Waals surface area contributed by atoms with Crippen LogP contribution >= 0.6 is 0 Å². The second kappa shape index (κ2) is 12.2. The molecule has 1 atom stereocenters. The first-order valence-corrected chi connectivity index (χ1v) is 6.63. The topological polar surface area (TPSA) is 0 Å². The largest absolute Gasteiger partial charge is 2.00 e. The van der Waals surface area contributed by atoms with Crippen LogP contribution in [0.1, 0.15) is 45.4 Å². The average molecular weight is 376 g/mol. The quantitative estimate of drug-likeness (QED) is 0.591. The van der Waals surface area contributed by atoms with E-state index < -0.39 is 0 Å². The molecule has 1 unspecified atom stereocenters. The molecule has 0 saturated carbocycles. The Balaban J connectivity index is 0. The van der Waals surface area contributed by atoms with E-state index in [9.17, 15) is 0 Å². The van der Waals surface area contributed by atoms with Crippen LogP contribution in [-0.2, 0) is 26.2 Å². The van der Waals surface area contributed by atoms with Gasteiger partial charge in [-0.15, -0.1) is 0 Å². The molecule has 0 saturated heterocycles. The maximum atomic E-state index is 2.37. The third-order valence-electron chi connectivity index (χ3n) is 3.64. The van der Waals surface area contributed by atoms with E-state index in [0.717, 1.165) is 0 Å².